The summed E-state index contributed by atoms with van der Waals surface area (Å²) in [7, 11) is 0. The van der Waals surface area contributed by atoms with Crippen LogP contribution in [0.4, 0.5) is 0 Å². The summed E-state index contributed by atoms with van der Waals surface area (Å²) in [5.74, 6) is 2.14. The maximum absolute atomic E-state index is 13.4. The normalized spacial score (nSPS) is 11.1. The van der Waals surface area contributed by atoms with Gasteiger partial charge in [0, 0.05) is 17.5 Å². The predicted octanol–water partition coefficient (Wildman–Crippen LogP) is 4.49. The summed E-state index contributed by atoms with van der Waals surface area (Å²) in [6.45, 7) is 4.96. The van der Waals surface area contributed by atoms with Crippen molar-refractivity contribution in [2.24, 2.45) is 0 Å². The van der Waals surface area contributed by atoms with E-state index in [0.29, 0.717) is 19.0 Å². The maximum Gasteiger partial charge on any atom is 0.351 e. The van der Waals surface area contributed by atoms with Crippen molar-refractivity contribution in [3.63, 3.8) is 0 Å². The molecule has 3 aromatic carbocycles. The Balaban J connectivity index is 1.33. The first-order chi connectivity index (χ1) is 18.1. The third-order valence-electron chi connectivity index (χ3n) is 6.31. The van der Waals surface area contributed by atoms with E-state index in [1.807, 2.05) is 79.7 Å². The number of aromatic amines is 1. The van der Waals surface area contributed by atoms with Gasteiger partial charge in [-0.2, -0.15) is 4.68 Å². The topological polar surface area (TPSA) is 104 Å². The monoisotopic (exact) mass is 495 g/mol. The van der Waals surface area contributed by atoms with E-state index in [2.05, 4.69) is 27.5 Å². The van der Waals surface area contributed by atoms with Gasteiger partial charge in [0.15, 0.2) is 5.82 Å². The number of aromatic nitrogens is 7. The predicted molar refractivity (Wildman–Crippen MR) is 141 cm³/mol. The molecule has 2 heterocycles. The van der Waals surface area contributed by atoms with E-state index in [1.54, 1.807) is 4.57 Å². The van der Waals surface area contributed by atoms with Crippen molar-refractivity contribution in [2.45, 2.75) is 46.3 Å². The van der Waals surface area contributed by atoms with Gasteiger partial charge in [0.1, 0.15) is 18.2 Å². The molecule has 0 saturated carbocycles. The first-order valence-corrected chi connectivity index (χ1v) is 12.4. The Morgan fingerprint density at radius 3 is 2.51 bits per heavy atom. The zero-order chi connectivity index (χ0) is 25.6. The van der Waals surface area contributed by atoms with Crippen molar-refractivity contribution in [1.82, 2.24) is 35.0 Å². The molecule has 5 rings (SSSR count). The van der Waals surface area contributed by atoms with Crippen LogP contribution in [-0.4, -0.2) is 35.0 Å². The number of H-pyrrole nitrogens is 1. The molecule has 5 aromatic rings. The fraction of sp³-hybridized carbons (Fsp3) is 0.250. The highest BCUT2D eigenvalue weighted by Crippen LogP contribution is 2.22. The second kappa shape index (κ2) is 11.0. The molecule has 0 aliphatic rings. The average Bonchev–Trinajstić information content (AvgIpc) is 3.57. The molecule has 0 fully saturated rings. The number of benzene rings is 3. The van der Waals surface area contributed by atoms with E-state index < -0.39 is 0 Å². The van der Waals surface area contributed by atoms with Crippen molar-refractivity contribution in [2.75, 3.05) is 0 Å². The zero-order valence-electron chi connectivity index (χ0n) is 21.0. The maximum atomic E-state index is 13.4. The Hall–Kier alpha value is -4.53. The Kier molecular flexibility index (Phi) is 7.21. The van der Waals surface area contributed by atoms with Crippen LogP contribution in [0.2, 0.25) is 0 Å². The minimum Gasteiger partial charge on any atom is -0.489 e. The first kappa shape index (κ1) is 24.2. The lowest BCUT2D eigenvalue weighted by atomic mass is 10.1. The summed E-state index contributed by atoms with van der Waals surface area (Å²) in [4.78, 5) is 13.4. The standard InChI is InChI=1S/C28H29N7O2/c1-3-4-13-26-31-35(25-12-8-5-9-20(25)2)28(36)34(26)18-21-14-16-23(17-15-21)37-19-22-10-6-7-11-24(22)27-29-32-33-30-27/h5-12,14-17H,3-4,13,18-19H2,1-2H3,(H,29,30,32,33). The highest BCUT2D eigenvalue weighted by Gasteiger charge is 2.16. The van der Waals surface area contributed by atoms with E-state index >= 15 is 0 Å². The smallest absolute Gasteiger partial charge is 0.351 e. The molecular weight excluding hydrogens is 466 g/mol. The number of ether oxygens (including phenoxy) is 1. The SMILES string of the molecule is CCCCc1nn(-c2ccccc2C)c(=O)n1Cc1ccc(OCc2ccccc2-c2nnn[nH]2)cc1. The van der Waals surface area contributed by atoms with Crippen LogP contribution in [0, 0.1) is 6.92 Å². The Morgan fingerprint density at radius 1 is 0.973 bits per heavy atom. The molecule has 9 nitrogen and oxygen atoms in total. The van der Waals surface area contributed by atoms with Gasteiger partial charge in [-0.3, -0.25) is 4.57 Å². The van der Waals surface area contributed by atoms with Crippen LogP contribution >= 0.6 is 0 Å². The number of nitrogens with zero attached hydrogens (tertiary/aromatic N) is 6. The number of hydrogen-bond acceptors (Lipinski definition) is 6. The Labute approximate surface area is 214 Å². The van der Waals surface area contributed by atoms with Crippen LogP contribution < -0.4 is 10.4 Å². The van der Waals surface area contributed by atoms with Crippen LogP contribution in [-0.2, 0) is 19.6 Å². The molecule has 0 amide bonds. The van der Waals surface area contributed by atoms with Crippen LogP contribution in [0.25, 0.3) is 17.1 Å². The zero-order valence-corrected chi connectivity index (χ0v) is 21.0. The van der Waals surface area contributed by atoms with Crippen molar-refractivity contribution in [3.8, 4) is 22.8 Å². The van der Waals surface area contributed by atoms with E-state index in [1.165, 1.54) is 4.68 Å². The molecule has 0 bridgehead atoms. The molecule has 0 aliphatic heterocycles. The number of aryl methyl sites for hydroxylation is 2. The third kappa shape index (κ3) is 5.35. The molecule has 2 aromatic heterocycles. The van der Waals surface area contributed by atoms with Crippen LogP contribution in [0.15, 0.2) is 77.6 Å². The molecule has 0 aliphatic carbocycles. The van der Waals surface area contributed by atoms with Crippen molar-refractivity contribution >= 4 is 0 Å². The van der Waals surface area contributed by atoms with Gasteiger partial charge in [-0.1, -0.05) is 67.9 Å². The second-order valence-corrected chi connectivity index (χ2v) is 8.93. The number of tetrazole rings is 1. The van der Waals surface area contributed by atoms with Gasteiger partial charge in [0.2, 0.25) is 0 Å². The Morgan fingerprint density at radius 2 is 1.76 bits per heavy atom. The summed E-state index contributed by atoms with van der Waals surface area (Å²) in [6.07, 6.45) is 2.77. The molecule has 0 unspecified atom stereocenters. The van der Waals surface area contributed by atoms with E-state index in [0.717, 1.165) is 58.8 Å². The number of para-hydroxylation sites is 1. The summed E-state index contributed by atoms with van der Waals surface area (Å²) >= 11 is 0. The fourth-order valence-corrected chi connectivity index (χ4v) is 4.26. The largest absolute Gasteiger partial charge is 0.489 e. The minimum atomic E-state index is -0.126. The third-order valence-corrected chi connectivity index (χ3v) is 6.31. The summed E-state index contributed by atoms with van der Waals surface area (Å²) in [5.41, 5.74) is 4.58. The van der Waals surface area contributed by atoms with Crippen LogP contribution in [0.1, 0.15) is 42.3 Å². The summed E-state index contributed by atoms with van der Waals surface area (Å²) in [6, 6.07) is 23.5. The van der Waals surface area contributed by atoms with Crippen molar-refractivity contribution in [1.29, 1.82) is 0 Å². The van der Waals surface area contributed by atoms with Gasteiger partial charge in [-0.25, -0.2) is 9.89 Å². The van der Waals surface area contributed by atoms with Gasteiger partial charge in [0.25, 0.3) is 0 Å². The molecule has 9 heteroatoms. The fourth-order valence-electron chi connectivity index (χ4n) is 4.26. The number of hydrogen-bond donors (Lipinski definition) is 1. The highest BCUT2D eigenvalue weighted by atomic mass is 16.5. The lowest BCUT2D eigenvalue weighted by Gasteiger charge is -2.10. The van der Waals surface area contributed by atoms with Gasteiger partial charge in [-0.05, 0) is 53.1 Å². The first-order valence-electron chi connectivity index (χ1n) is 12.4. The molecule has 0 saturated heterocycles. The number of nitrogens with one attached hydrogen (secondary N) is 1. The lowest BCUT2D eigenvalue weighted by molar-refractivity contribution is 0.306. The summed E-state index contributed by atoms with van der Waals surface area (Å²) < 4.78 is 9.35. The molecule has 37 heavy (non-hydrogen) atoms. The molecule has 188 valence electrons. The van der Waals surface area contributed by atoms with E-state index in [4.69, 9.17) is 9.84 Å². The lowest BCUT2D eigenvalue weighted by Crippen LogP contribution is -2.25. The number of unbranched alkanes of at least 4 members (excludes halogenated alkanes) is 1. The van der Waals surface area contributed by atoms with Crippen LogP contribution in [0.3, 0.4) is 0 Å². The second-order valence-electron chi connectivity index (χ2n) is 8.93. The van der Waals surface area contributed by atoms with Crippen molar-refractivity contribution < 1.29 is 4.74 Å². The van der Waals surface area contributed by atoms with Crippen LogP contribution in [0.5, 0.6) is 5.75 Å². The average molecular weight is 496 g/mol. The van der Waals surface area contributed by atoms with Gasteiger partial charge in [-0.15, -0.1) is 10.2 Å². The molecular formula is C28H29N7O2. The van der Waals surface area contributed by atoms with E-state index in [-0.39, 0.29) is 5.69 Å². The number of rotatable bonds is 10. The van der Waals surface area contributed by atoms with Gasteiger partial charge >= 0.3 is 5.69 Å². The molecule has 0 radical (unpaired) electrons. The summed E-state index contributed by atoms with van der Waals surface area (Å²) in [5, 5.41) is 18.8. The highest BCUT2D eigenvalue weighted by molar-refractivity contribution is 5.59. The molecule has 0 spiro atoms. The van der Waals surface area contributed by atoms with Gasteiger partial charge < -0.3 is 4.74 Å². The van der Waals surface area contributed by atoms with Crippen molar-refractivity contribution in [3.05, 3.63) is 106 Å². The van der Waals surface area contributed by atoms with Gasteiger partial charge in [0.05, 0.1) is 12.2 Å². The van der Waals surface area contributed by atoms with E-state index in [9.17, 15) is 4.79 Å². The molecule has 0 atom stereocenters. The quantitative estimate of drug-likeness (QED) is 0.306. The molecule has 1 N–H and O–H groups in total. The Bertz CT molecular complexity index is 1520. The minimum absolute atomic E-state index is 0.126.